The molecule has 0 amide bonds. The quantitative estimate of drug-likeness (QED) is 0.611. The Morgan fingerprint density at radius 1 is 1.70 bits per heavy atom. The Balaban J connectivity index is 2.29. The highest BCUT2D eigenvalue weighted by atomic mass is 16.3. The first-order chi connectivity index (χ1) is 4.88. The summed E-state index contributed by atoms with van der Waals surface area (Å²) in [5, 5.41) is 12.3. The third-order valence-electron chi connectivity index (χ3n) is 2.43. The predicted molar refractivity (Wildman–Crippen MR) is 41.9 cm³/mol. The number of aliphatic hydroxyl groups excluding tert-OH is 1. The van der Waals surface area contributed by atoms with Gasteiger partial charge < -0.3 is 10.4 Å². The molecule has 1 fully saturated rings. The van der Waals surface area contributed by atoms with Crippen molar-refractivity contribution in [3.63, 3.8) is 0 Å². The van der Waals surface area contributed by atoms with Gasteiger partial charge in [-0.25, -0.2) is 0 Å². The maximum Gasteiger partial charge on any atom is 0.0474 e. The fraction of sp³-hybridized carbons (Fsp3) is 1.00. The van der Waals surface area contributed by atoms with Crippen LogP contribution in [0.3, 0.4) is 0 Å². The second kappa shape index (κ2) is 3.94. The van der Waals surface area contributed by atoms with Crippen LogP contribution in [-0.4, -0.2) is 24.3 Å². The molecule has 2 heteroatoms. The Morgan fingerprint density at radius 2 is 2.50 bits per heavy atom. The van der Waals surface area contributed by atoms with Crippen LogP contribution in [0.4, 0.5) is 0 Å². The molecule has 60 valence electrons. The largest absolute Gasteiger partial charge is 0.396 e. The van der Waals surface area contributed by atoms with Gasteiger partial charge in [-0.15, -0.1) is 0 Å². The Morgan fingerprint density at radius 3 is 2.90 bits per heavy atom. The van der Waals surface area contributed by atoms with Crippen LogP contribution in [0.2, 0.25) is 0 Å². The zero-order valence-electron chi connectivity index (χ0n) is 6.64. The van der Waals surface area contributed by atoms with E-state index < -0.39 is 0 Å². The molecule has 0 radical (unpaired) electrons. The van der Waals surface area contributed by atoms with E-state index in [1.807, 2.05) is 0 Å². The molecule has 0 aromatic carbocycles. The van der Waals surface area contributed by atoms with Crippen molar-refractivity contribution in [3.05, 3.63) is 0 Å². The Kier molecular flexibility index (Phi) is 3.16. The molecule has 0 bridgehead atoms. The van der Waals surface area contributed by atoms with Gasteiger partial charge in [0.05, 0.1) is 0 Å². The molecule has 10 heavy (non-hydrogen) atoms. The van der Waals surface area contributed by atoms with E-state index in [4.69, 9.17) is 5.11 Å². The van der Waals surface area contributed by atoms with Gasteiger partial charge in [0.15, 0.2) is 0 Å². The zero-order valence-corrected chi connectivity index (χ0v) is 6.64. The van der Waals surface area contributed by atoms with E-state index in [-0.39, 0.29) is 0 Å². The summed E-state index contributed by atoms with van der Waals surface area (Å²) in [4.78, 5) is 0. The van der Waals surface area contributed by atoms with Crippen molar-refractivity contribution in [2.45, 2.75) is 32.2 Å². The molecular weight excluding hydrogens is 126 g/mol. The molecule has 0 aliphatic carbocycles. The second-order valence-corrected chi connectivity index (χ2v) is 3.05. The molecule has 0 spiro atoms. The molecule has 2 nitrogen and oxygen atoms in total. The maximum absolute atomic E-state index is 8.95. The number of rotatable bonds is 3. The first-order valence-corrected chi connectivity index (χ1v) is 4.22. The highest BCUT2D eigenvalue weighted by Gasteiger charge is 2.21. The molecule has 0 aromatic heterocycles. The van der Waals surface area contributed by atoms with Crippen LogP contribution in [0.15, 0.2) is 0 Å². The molecule has 1 aliphatic heterocycles. The zero-order chi connectivity index (χ0) is 7.40. The van der Waals surface area contributed by atoms with E-state index in [1.165, 1.54) is 12.8 Å². The maximum atomic E-state index is 8.95. The van der Waals surface area contributed by atoms with E-state index in [0.717, 1.165) is 13.0 Å². The summed E-state index contributed by atoms with van der Waals surface area (Å²) in [7, 11) is 0. The molecule has 0 saturated carbocycles. The molecule has 1 rings (SSSR count). The lowest BCUT2D eigenvalue weighted by atomic mass is 9.97. The van der Waals surface area contributed by atoms with Crippen molar-refractivity contribution in [2.24, 2.45) is 5.92 Å². The molecule has 1 saturated heterocycles. The van der Waals surface area contributed by atoms with E-state index in [2.05, 4.69) is 12.2 Å². The van der Waals surface area contributed by atoms with Crippen LogP contribution < -0.4 is 5.32 Å². The molecule has 2 N–H and O–H groups in total. The third kappa shape index (κ3) is 1.70. The first kappa shape index (κ1) is 8.02. The van der Waals surface area contributed by atoms with Crippen molar-refractivity contribution in [2.75, 3.05) is 13.2 Å². The standard InChI is InChI=1S/C8H17NO/c1-2-7(6-10)8-4-3-5-9-8/h7-10H,2-6H2,1H3/t7-,8-/m0/s1. The fourth-order valence-electron chi connectivity index (χ4n) is 1.65. The van der Waals surface area contributed by atoms with Crippen LogP contribution in [0.25, 0.3) is 0 Å². The lowest BCUT2D eigenvalue weighted by Gasteiger charge is -2.19. The lowest BCUT2D eigenvalue weighted by molar-refractivity contribution is 0.192. The van der Waals surface area contributed by atoms with Crippen LogP contribution in [-0.2, 0) is 0 Å². The van der Waals surface area contributed by atoms with Gasteiger partial charge in [0, 0.05) is 12.6 Å². The van der Waals surface area contributed by atoms with Crippen molar-refractivity contribution < 1.29 is 5.11 Å². The van der Waals surface area contributed by atoms with Crippen molar-refractivity contribution in [3.8, 4) is 0 Å². The summed E-state index contributed by atoms with van der Waals surface area (Å²) in [5.74, 6) is 0.488. The van der Waals surface area contributed by atoms with Crippen molar-refractivity contribution >= 4 is 0 Å². The second-order valence-electron chi connectivity index (χ2n) is 3.05. The summed E-state index contributed by atoms with van der Waals surface area (Å²) >= 11 is 0. The van der Waals surface area contributed by atoms with Gasteiger partial charge in [0.25, 0.3) is 0 Å². The average molecular weight is 143 g/mol. The summed E-state index contributed by atoms with van der Waals surface area (Å²) in [6, 6.07) is 0.593. The Hall–Kier alpha value is -0.0800. The highest BCUT2D eigenvalue weighted by molar-refractivity contribution is 4.80. The minimum absolute atomic E-state index is 0.341. The Labute approximate surface area is 62.6 Å². The van der Waals surface area contributed by atoms with Crippen LogP contribution in [0.5, 0.6) is 0 Å². The average Bonchev–Trinajstić information content (AvgIpc) is 2.43. The fourth-order valence-corrected chi connectivity index (χ4v) is 1.65. The lowest BCUT2D eigenvalue weighted by Crippen LogP contribution is -2.32. The normalized spacial score (nSPS) is 28.8. The minimum atomic E-state index is 0.341. The highest BCUT2D eigenvalue weighted by Crippen LogP contribution is 2.16. The van der Waals surface area contributed by atoms with Crippen LogP contribution in [0, 0.1) is 5.92 Å². The van der Waals surface area contributed by atoms with Gasteiger partial charge in [0.1, 0.15) is 0 Å². The molecule has 2 atom stereocenters. The van der Waals surface area contributed by atoms with Gasteiger partial charge in [-0.3, -0.25) is 0 Å². The van der Waals surface area contributed by atoms with Crippen molar-refractivity contribution in [1.29, 1.82) is 0 Å². The van der Waals surface area contributed by atoms with Gasteiger partial charge in [-0.05, 0) is 31.7 Å². The smallest absolute Gasteiger partial charge is 0.0474 e. The topological polar surface area (TPSA) is 32.3 Å². The molecular formula is C8H17NO. The minimum Gasteiger partial charge on any atom is -0.396 e. The van der Waals surface area contributed by atoms with E-state index >= 15 is 0 Å². The third-order valence-corrected chi connectivity index (χ3v) is 2.43. The summed E-state index contributed by atoms with van der Waals surface area (Å²) in [6.07, 6.45) is 3.62. The van der Waals surface area contributed by atoms with Gasteiger partial charge in [-0.2, -0.15) is 0 Å². The summed E-state index contributed by atoms with van der Waals surface area (Å²) in [5.41, 5.74) is 0. The number of hydrogen-bond donors (Lipinski definition) is 2. The first-order valence-electron chi connectivity index (χ1n) is 4.22. The van der Waals surface area contributed by atoms with Crippen LogP contribution in [0.1, 0.15) is 26.2 Å². The molecule has 1 aliphatic rings. The predicted octanol–water partition coefficient (Wildman–Crippen LogP) is 0.757. The van der Waals surface area contributed by atoms with E-state index in [0.29, 0.717) is 18.6 Å². The number of hydrogen-bond acceptors (Lipinski definition) is 2. The molecule has 1 heterocycles. The van der Waals surface area contributed by atoms with Gasteiger partial charge in [0.2, 0.25) is 0 Å². The van der Waals surface area contributed by atoms with Crippen LogP contribution >= 0.6 is 0 Å². The number of aliphatic hydroxyl groups is 1. The molecule has 0 aromatic rings. The molecule has 0 unspecified atom stereocenters. The Bertz CT molecular complexity index is 85.3. The summed E-state index contributed by atoms with van der Waals surface area (Å²) in [6.45, 7) is 3.62. The van der Waals surface area contributed by atoms with E-state index in [1.54, 1.807) is 0 Å². The SMILES string of the molecule is CC[C@@H](CO)[C@@H]1CCCN1. The monoisotopic (exact) mass is 143 g/mol. The van der Waals surface area contributed by atoms with Crippen molar-refractivity contribution in [1.82, 2.24) is 5.32 Å². The van der Waals surface area contributed by atoms with E-state index in [9.17, 15) is 0 Å². The summed E-state index contributed by atoms with van der Waals surface area (Å²) < 4.78 is 0. The van der Waals surface area contributed by atoms with Gasteiger partial charge >= 0.3 is 0 Å². The number of nitrogens with one attached hydrogen (secondary N) is 1. The van der Waals surface area contributed by atoms with Gasteiger partial charge in [-0.1, -0.05) is 6.92 Å².